The van der Waals surface area contributed by atoms with Gasteiger partial charge in [0.25, 0.3) is 5.91 Å². The number of pyridine rings is 1. The van der Waals surface area contributed by atoms with Crippen LogP contribution in [0.4, 0.5) is 27.6 Å². The summed E-state index contributed by atoms with van der Waals surface area (Å²) in [7, 11) is 1.03. The third kappa shape index (κ3) is 4.69. The van der Waals surface area contributed by atoms with Crippen LogP contribution in [0.15, 0.2) is 30.5 Å². The first-order valence-electron chi connectivity index (χ1n) is 10.5. The first kappa shape index (κ1) is 26.8. The van der Waals surface area contributed by atoms with Gasteiger partial charge in [0.1, 0.15) is 11.7 Å². The standard InChI is InChI=1S/C23H25F5N2O5/c1-11-16(13-5-6-14(24)17(25)18(13)34-4)19(35-22(11,3)23(26,27)28)20(32)30-12-7-8-29-15(9-12)21(2,33)10-31/h5-9,11,16,19,31,33H,10H2,1-4H3,(H,29,30,32)/t11-,16-,19+,21?,22+/m1/s1. The van der Waals surface area contributed by atoms with Crippen molar-refractivity contribution in [2.45, 2.75) is 50.2 Å². The molecule has 1 aliphatic heterocycles. The van der Waals surface area contributed by atoms with E-state index in [1.165, 1.54) is 32.2 Å². The van der Waals surface area contributed by atoms with E-state index >= 15 is 0 Å². The van der Waals surface area contributed by atoms with Crippen LogP contribution in [0.5, 0.6) is 5.75 Å². The summed E-state index contributed by atoms with van der Waals surface area (Å²) in [6, 6.07) is 4.36. The fraction of sp³-hybridized carbons (Fsp3) is 0.478. The average Bonchev–Trinajstić information content (AvgIpc) is 3.07. The summed E-state index contributed by atoms with van der Waals surface area (Å²) in [5.74, 6) is -7.06. The van der Waals surface area contributed by atoms with E-state index < -0.39 is 65.2 Å². The van der Waals surface area contributed by atoms with Gasteiger partial charge in [0.2, 0.25) is 5.82 Å². The molecule has 2 aromatic rings. The molecule has 0 radical (unpaired) electrons. The predicted octanol–water partition coefficient (Wildman–Crippen LogP) is 3.65. The summed E-state index contributed by atoms with van der Waals surface area (Å²) in [5, 5.41) is 22.0. The molecular weight excluding hydrogens is 479 g/mol. The maximum Gasteiger partial charge on any atom is 0.417 e. The minimum Gasteiger partial charge on any atom is -0.493 e. The molecule has 1 amide bonds. The van der Waals surface area contributed by atoms with E-state index in [0.717, 1.165) is 26.2 Å². The Bertz CT molecular complexity index is 1110. The highest BCUT2D eigenvalue weighted by Gasteiger charge is 2.65. The smallest absolute Gasteiger partial charge is 0.417 e. The Morgan fingerprint density at radius 1 is 1.29 bits per heavy atom. The normalized spacial score (nSPS) is 26.3. The molecule has 0 spiro atoms. The number of aliphatic hydroxyl groups is 2. The molecule has 5 atom stereocenters. The van der Waals surface area contributed by atoms with Crippen LogP contribution >= 0.6 is 0 Å². The lowest BCUT2D eigenvalue weighted by molar-refractivity contribution is -0.272. The Kier molecular flexibility index (Phi) is 7.13. The largest absolute Gasteiger partial charge is 0.493 e. The molecule has 1 aliphatic rings. The molecule has 3 N–H and O–H groups in total. The lowest BCUT2D eigenvalue weighted by atomic mass is 9.77. The molecule has 2 heterocycles. The maximum atomic E-state index is 14.4. The number of aromatic nitrogens is 1. The highest BCUT2D eigenvalue weighted by molar-refractivity contribution is 5.95. The molecule has 1 aromatic heterocycles. The van der Waals surface area contributed by atoms with Gasteiger partial charge in [-0.2, -0.15) is 17.6 Å². The minimum atomic E-state index is -4.89. The van der Waals surface area contributed by atoms with Gasteiger partial charge in [-0.1, -0.05) is 13.0 Å². The molecule has 0 bridgehead atoms. The van der Waals surface area contributed by atoms with Gasteiger partial charge in [0.05, 0.1) is 19.4 Å². The minimum absolute atomic E-state index is 0.00235. The quantitative estimate of drug-likeness (QED) is 0.520. The van der Waals surface area contributed by atoms with Gasteiger partial charge in [0, 0.05) is 29.3 Å². The summed E-state index contributed by atoms with van der Waals surface area (Å²) in [6.45, 7) is 2.59. The van der Waals surface area contributed by atoms with E-state index in [1.807, 2.05) is 0 Å². The number of nitrogens with zero attached hydrogens (tertiary/aromatic N) is 1. The van der Waals surface area contributed by atoms with Gasteiger partial charge in [0.15, 0.2) is 17.2 Å². The number of aliphatic hydroxyl groups excluding tert-OH is 1. The Morgan fingerprint density at radius 3 is 2.51 bits per heavy atom. The fourth-order valence-corrected chi connectivity index (χ4v) is 4.14. The number of ether oxygens (including phenoxy) is 2. The van der Waals surface area contributed by atoms with Gasteiger partial charge in [-0.25, -0.2) is 4.39 Å². The van der Waals surface area contributed by atoms with Crippen molar-refractivity contribution < 1.29 is 46.4 Å². The zero-order valence-electron chi connectivity index (χ0n) is 19.3. The number of hydrogen-bond acceptors (Lipinski definition) is 6. The predicted molar refractivity (Wildman–Crippen MR) is 114 cm³/mol. The third-order valence-electron chi connectivity index (χ3n) is 6.46. The van der Waals surface area contributed by atoms with Crippen LogP contribution in [0.1, 0.15) is 37.9 Å². The van der Waals surface area contributed by atoms with Crippen LogP contribution in [-0.2, 0) is 15.1 Å². The van der Waals surface area contributed by atoms with Crippen molar-refractivity contribution in [2.24, 2.45) is 5.92 Å². The monoisotopic (exact) mass is 504 g/mol. The molecule has 3 rings (SSSR count). The first-order valence-corrected chi connectivity index (χ1v) is 10.5. The van der Waals surface area contributed by atoms with Gasteiger partial charge in [-0.3, -0.25) is 9.78 Å². The Morgan fingerprint density at radius 2 is 1.94 bits per heavy atom. The van der Waals surface area contributed by atoms with Crippen LogP contribution in [0.2, 0.25) is 0 Å². The lowest BCUT2D eigenvalue weighted by Crippen LogP contribution is -2.47. The number of hydrogen-bond donors (Lipinski definition) is 3. The van der Waals surface area contributed by atoms with Crippen LogP contribution in [0.25, 0.3) is 0 Å². The van der Waals surface area contributed by atoms with Crippen molar-refractivity contribution in [2.75, 3.05) is 19.0 Å². The average molecular weight is 504 g/mol. The highest BCUT2D eigenvalue weighted by atomic mass is 19.4. The van der Waals surface area contributed by atoms with E-state index in [1.54, 1.807) is 0 Å². The number of alkyl halides is 3. The van der Waals surface area contributed by atoms with Crippen molar-refractivity contribution in [3.05, 3.63) is 53.4 Å². The van der Waals surface area contributed by atoms with E-state index in [2.05, 4.69) is 10.3 Å². The van der Waals surface area contributed by atoms with Crippen LogP contribution in [0.3, 0.4) is 0 Å². The lowest BCUT2D eigenvalue weighted by Gasteiger charge is -2.32. The maximum absolute atomic E-state index is 14.4. The molecule has 0 aliphatic carbocycles. The number of carbonyl (C=O) groups excluding carboxylic acids is 1. The zero-order valence-corrected chi connectivity index (χ0v) is 19.3. The molecule has 1 unspecified atom stereocenters. The Labute approximate surface area is 197 Å². The highest BCUT2D eigenvalue weighted by Crippen LogP contribution is 2.55. The van der Waals surface area contributed by atoms with Gasteiger partial charge < -0.3 is 25.0 Å². The van der Waals surface area contributed by atoms with Crippen molar-refractivity contribution in [3.63, 3.8) is 0 Å². The van der Waals surface area contributed by atoms with Crippen LogP contribution < -0.4 is 10.1 Å². The summed E-state index contributed by atoms with van der Waals surface area (Å²) < 4.78 is 80.5. The summed E-state index contributed by atoms with van der Waals surface area (Å²) >= 11 is 0. The zero-order chi connectivity index (χ0) is 26.3. The number of carbonyl (C=O) groups is 1. The van der Waals surface area contributed by atoms with Crippen molar-refractivity contribution >= 4 is 11.6 Å². The number of amides is 1. The number of halogens is 5. The van der Waals surface area contributed by atoms with Gasteiger partial charge >= 0.3 is 6.18 Å². The fourth-order valence-electron chi connectivity index (χ4n) is 4.14. The molecule has 1 aromatic carbocycles. The van der Waals surface area contributed by atoms with Crippen molar-refractivity contribution in [1.82, 2.24) is 4.98 Å². The molecule has 12 heteroatoms. The molecule has 0 saturated carbocycles. The molecule has 35 heavy (non-hydrogen) atoms. The summed E-state index contributed by atoms with van der Waals surface area (Å²) in [6.07, 6.45) is -5.44. The van der Waals surface area contributed by atoms with Crippen molar-refractivity contribution in [3.8, 4) is 5.75 Å². The van der Waals surface area contributed by atoms with E-state index in [4.69, 9.17) is 9.47 Å². The summed E-state index contributed by atoms with van der Waals surface area (Å²) in [4.78, 5) is 17.1. The molecule has 192 valence electrons. The second-order valence-corrected chi connectivity index (χ2v) is 8.79. The van der Waals surface area contributed by atoms with Crippen LogP contribution in [-0.4, -0.2) is 52.7 Å². The molecule has 7 nitrogen and oxygen atoms in total. The first-order chi connectivity index (χ1) is 16.2. The second-order valence-electron chi connectivity index (χ2n) is 8.79. The summed E-state index contributed by atoms with van der Waals surface area (Å²) in [5.41, 5.74) is -4.64. The van der Waals surface area contributed by atoms with Gasteiger partial charge in [-0.05, 0) is 32.0 Å². The van der Waals surface area contributed by atoms with E-state index in [-0.39, 0.29) is 16.9 Å². The topological polar surface area (TPSA) is 101 Å². The van der Waals surface area contributed by atoms with Crippen molar-refractivity contribution in [1.29, 1.82) is 0 Å². The van der Waals surface area contributed by atoms with Gasteiger partial charge in [-0.15, -0.1) is 0 Å². The molecule has 1 saturated heterocycles. The molecule has 1 fully saturated rings. The number of methoxy groups -OCH3 is 1. The molecular formula is C23H25F5N2O5. The van der Waals surface area contributed by atoms with E-state index in [9.17, 15) is 37.0 Å². The van der Waals surface area contributed by atoms with E-state index in [0.29, 0.717) is 0 Å². The SMILES string of the molecule is COc1c([C@@H]2[C@@H](C(=O)Nc3ccnc(C(C)(O)CO)c3)O[C@](C)(C(F)(F)F)[C@@H]2C)ccc(F)c1F. The second kappa shape index (κ2) is 9.32. The number of rotatable bonds is 6. The van der Waals surface area contributed by atoms with Crippen LogP contribution in [0, 0.1) is 17.6 Å². The Hall–Kier alpha value is -2.83. The number of anilines is 1. The number of benzene rings is 1. The number of nitrogens with one attached hydrogen (secondary N) is 1. The third-order valence-corrected chi connectivity index (χ3v) is 6.46. The Balaban J connectivity index is 2.06.